The van der Waals surface area contributed by atoms with Crippen LogP contribution in [0.5, 0.6) is 0 Å². The van der Waals surface area contributed by atoms with E-state index in [9.17, 15) is 9.90 Å². The molecule has 3 unspecified atom stereocenters. The fourth-order valence-electron chi connectivity index (χ4n) is 3.70. The summed E-state index contributed by atoms with van der Waals surface area (Å²) in [6.45, 7) is 0.562. The Balaban J connectivity index is 1.71. The Kier molecular flexibility index (Phi) is 2.44. The lowest BCUT2D eigenvalue weighted by molar-refractivity contribution is -0.130. The number of β-amino-alcohol motifs (C(OH)–C–C–N with tert-alkyl or cyclic N) is 1. The van der Waals surface area contributed by atoms with Crippen molar-refractivity contribution in [3.05, 3.63) is 0 Å². The van der Waals surface area contributed by atoms with Gasteiger partial charge >= 0.3 is 0 Å². The van der Waals surface area contributed by atoms with E-state index in [1.165, 1.54) is 12.8 Å². The number of hydrogen-bond donors (Lipinski definition) is 1. The van der Waals surface area contributed by atoms with E-state index in [1.807, 2.05) is 4.90 Å². The summed E-state index contributed by atoms with van der Waals surface area (Å²) in [7, 11) is 2.21. The second-order valence-corrected chi connectivity index (χ2v) is 5.58. The molecule has 0 radical (unpaired) electrons. The average molecular weight is 224 g/mol. The predicted octanol–water partition coefficient (Wildman–Crippen LogP) is 0.205. The molecular formula is C12H20N2O2. The molecule has 1 amide bonds. The van der Waals surface area contributed by atoms with Crippen LogP contribution in [-0.4, -0.2) is 58.6 Å². The van der Waals surface area contributed by atoms with Crippen molar-refractivity contribution >= 4 is 5.91 Å². The first-order valence-corrected chi connectivity index (χ1v) is 6.34. The van der Waals surface area contributed by atoms with Crippen LogP contribution in [0, 0.1) is 0 Å². The number of amides is 1. The molecule has 90 valence electrons. The van der Waals surface area contributed by atoms with Crippen LogP contribution in [0.1, 0.15) is 32.1 Å². The van der Waals surface area contributed by atoms with Crippen molar-refractivity contribution in [2.45, 2.75) is 56.3 Å². The number of fused-ring (bicyclic) bond motifs is 2. The molecule has 0 aromatic heterocycles. The number of aliphatic hydroxyl groups excluding tert-OH is 1. The Hall–Kier alpha value is -0.610. The van der Waals surface area contributed by atoms with Gasteiger partial charge in [-0.05, 0) is 32.7 Å². The standard InChI is InChI=1S/C12H20N2O2/c1-13-8-2-3-9(13)5-10(4-8)14-7-11(15)6-12(14)16/h8-11,15H,2-7H2,1H3. The van der Waals surface area contributed by atoms with Gasteiger partial charge in [0.05, 0.1) is 12.5 Å². The normalized spacial score (nSPS) is 44.4. The molecule has 3 aliphatic rings. The number of hydrogen-bond acceptors (Lipinski definition) is 3. The summed E-state index contributed by atoms with van der Waals surface area (Å²) < 4.78 is 0. The number of carbonyl (C=O) groups is 1. The first-order chi connectivity index (χ1) is 7.65. The Morgan fingerprint density at radius 2 is 1.81 bits per heavy atom. The first-order valence-electron chi connectivity index (χ1n) is 6.34. The molecule has 0 saturated carbocycles. The Bertz CT molecular complexity index is 293. The van der Waals surface area contributed by atoms with Gasteiger partial charge in [-0.2, -0.15) is 0 Å². The van der Waals surface area contributed by atoms with Crippen molar-refractivity contribution in [1.82, 2.24) is 9.80 Å². The van der Waals surface area contributed by atoms with Crippen LogP contribution in [-0.2, 0) is 4.79 Å². The Morgan fingerprint density at radius 1 is 1.19 bits per heavy atom. The summed E-state index contributed by atoms with van der Waals surface area (Å²) in [5.74, 6) is 0.154. The van der Waals surface area contributed by atoms with Crippen LogP contribution in [0.2, 0.25) is 0 Å². The van der Waals surface area contributed by atoms with Crippen LogP contribution in [0.3, 0.4) is 0 Å². The molecule has 4 nitrogen and oxygen atoms in total. The Labute approximate surface area is 96.2 Å². The van der Waals surface area contributed by atoms with Crippen LogP contribution in [0.25, 0.3) is 0 Å². The molecule has 3 atom stereocenters. The number of piperidine rings is 1. The lowest BCUT2D eigenvalue weighted by atomic mass is 9.97. The van der Waals surface area contributed by atoms with Gasteiger partial charge in [-0.1, -0.05) is 0 Å². The quantitative estimate of drug-likeness (QED) is 0.692. The monoisotopic (exact) mass is 224 g/mol. The summed E-state index contributed by atoms with van der Waals surface area (Å²) in [5.41, 5.74) is 0. The van der Waals surface area contributed by atoms with Crippen molar-refractivity contribution in [3.63, 3.8) is 0 Å². The van der Waals surface area contributed by atoms with Gasteiger partial charge in [0.2, 0.25) is 5.91 Å². The highest BCUT2D eigenvalue weighted by Crippen LogP contribution is 2.37. The van der Waals surface area contributed by atoms with Gasteiger partial charge in [0.15, 0.2) is 0 Å². The molecule has 3 rings (SSSR count). The molecule has 3 saturated heterocycles. The highest BCUT2D eigenvalue weighted by atomic mass is 16.3. The predicted molar refractivity (Wildman–Crippen MR) is 59.9 cm³/mol. The minimum atomic E-state index is -0.426. The number of nitrogens with zero attached hydrogens (tertiary/aromatic N) is 2. The molecule has 2 bridgehead atoms. The van der Waals surface area contributed by atoms with E-state index in [2.05, 4.69) is 11.9 Å². The van der Waals surface area contributed by atoms with E-state index < -0.39 is 6.10 Å². The summed E-state index contributed by atoms with van der Waals surface area (Å²) in [6, 6.07) is 1.71. The van der Waals surface area contributed by atoms with Gasteiger partial charge in [0.1, 0.15) is 0 Å². The van der Waals surface area contributed by atoms with Crippen LogP contribution < -0.4 is 0 Å². The summed E-state index contributed by atoms with van der Waals surface area (Å²) in [6.07, 6.45) is 4.67. The third-order valence-electron chi connectivity index (χ3n) is 4.65. The summed E-state index contributed by atoms with van der Waals surface area (Å²) in [4.78, 5) is 16.2. The maximum Gasteiger partial charge on any atom is 0.225 e. The topological polar surface area (TPSA) is 43.8 Å². The van der Waals surface area contributed by atoms with Crippen molar-refractivity contribution in [3.8, 4) is 0 Å². The van der Waals surface area contributed by atoms with Crippen molar-refractivity contribution < 1.29 is 9.90 Å². The molecule has 0 aliphatic carbocycles. The summed E-state index contributed by atoms with van der Waals surface area (Å²) >= 11 is 0. The second kappa shape index (κ2) is 3.70. The number of likely N-dealkylation sites (tertiary alicyclic amines) is 1. The molecule has 16 heavy (non-hydrogen) atoms. The number of aliphatic hydroxyl groups is 1. The number of carbonyl (C=O) groups excluding carboxylic acids is 1. The highest BCUT2D eigenvalue weighted by Gasteiger charge is 2.43. The zero-order valence-electron chi connectivity index (χ0n) is 9.80. The average Bonchev–Trinajstić information content (AvgIpc) is 2.65. The minimum Gasteiger partial charge on any atom is -0.391 e. The van der Waals surface area contributed by atoms with Crippen LogP contribution >= 0.6 is 0 Å². The van der Waals surface area contributed by atoms with E-state index >= 15 is 0 Å². The van der Waals surface area contributed by atoms with Gasteiger partial charge in [-0.25, -0.2) is 0 Å². The molecule has 0 spiro atoms. The fraction of sp³-hybridized carbons (Fsp3) is 0.917. The van der Waals surface area contributed by atoms with Gasteiger partial charge in [0, 0.05) is 24.7 Å². The van der Waals surface area contributed by atoms with Crippen molar-refractivity contribution in [2.75, 3.05) is 13.6 Å². The zero-order chi connectivity index (χ0) is 11.3. The highest BCUT2D eigenvalue weighted by molar-refractivity contribution is 5.79. The van der Waals surface area contributed by atoms with E-state index in [1.54, 1.807) is 0 Å². The van der Waals surface area contributed by atoms with Gasteiger partial charge < -0.3 is 14.9 Å². The van der Waals surface area contributed by atoms with Crippen molar-refractivity contribution in [2.24, 2.45) is 0 Å². The molecule has 1 N–H and O–H groups in total. The maximum atomic E-state index is 11.8. The lowest BCUT2D eigenvalue weighted by Crippen LogP contribution is -2.49. The van der Waals surface area contributed by atoms with E-state index in [0.29, 0.717) is 31.1 Å². The van der Waals surface area contributed by atoms with Gasteiger partial charge in [0.25, 0.3) is 0 Å². The van der Waals surface area contributed by atoms with E-state index in [-0.39, 0.29) is 5.91 Å². The van der Waals surface area contributed by atoms with Gasteiger partial charge in [-0.15, -0.1) is 0 Å². The molecule has 0 aromatic rings. The molecule has 3 fully saturated rings. The molecule has 0 aromatic carbocycles. The largest absolute Gasteiger partial charge is 0.391 e. The first kappa shape index (κ1) is 10.5. The lowest BCUT2D eigenvalue weighted by Gasteiger charge is -2.40. The van der Waals surface area contributed by atoms with Crippen LogP contribution in [0.4, 0.5) is 0 Å². The van der Waals surface area contributed by atoms with Crippen molar-refractivity contribution in [1.29, 1.82) is 0 Å². The molecule has 3 aliphatic heterocycles. The van der Waals surface area contributed by atoms with Crippen LogP contribution in [0.15, 0.2) is 0 Å². The second-order valence-electron chi connectivity index (χ2n) is 5.58. The SMILES string of the molecule is CN1C2CCC1CC(N1CC(O)CC1=O)C2. The smallest absolute Gasteiger partial charge is 0.225 e. The third-order valence-corrected chi connectivity index (χ3v) is 4.65. The third kappa shape index (κ3) is 1.55. The molecule has 4 heteroatoms. The van der Waals surface area contributed by atoms with E-state index in [0.717, 1.165) is 12.8 Å². The van der Waals surface area contributed by atoms with Gasteiger partial charge in [-0.3, -0.25) is 4.79 Å². The molecular weight excluding hydrogens is 204 g/mol. The summed E-state index contributed by atoms with van der Waals surface area (Å²) in [5, 5.41) is 9.53. The zero-order valence-corrected chi connectivity index (χ0v) is 9.80. The number of rotatable bonds is 1. The maximum absolute atomic E-state index is 11.8. The fourth-order valence-corrected chi connectivity index (χ4v) is 3.70. The Morgan fingerprint density at radius 3 is 2.31 bits per heavy atom. The van der Waals surface area contributed by atoms with E-state index in [4.69, 9.17) is 0 Å². The minimum absolute atomic E-state index is 0.154. The molecule has 3 heterocycles.